The van der Waals surface area contributed by atoms with E-state index in [-0.39, 0.29) is 25.8 Å². The van der Waals surface area contributed by atoms with Gasteiger partial charge >= 0.3 is 0 Å². The number of nitrogens with one attached hydrogen (secondary N) is 3. The van der Waals surface area contributed by atoms with Crippen molar-refractivity contribution in [1.29, 1.82) is 5.26 Å². The van der Waals surface area contributed by atoms with Gasteiger partial charge in [-0.05, 0) is 48.7 Å². The number of hydrogen-bond donors (Lipinski definition) is 3. The van der Waals surface area contributed by atoms with Gasteiger partial charge in [0.2, 0.25) is 5.91 Å². The van der Waals surface area contributed by atoms with Gasteiger partial charge in [0, 0.05) is 24.6 Å². The van der Waals surface area contributed by atoms with Crippen LogP contribution in [0.25, 0.3) is 0 Å². The third-order valence-corrected chi connectivity index (χ3v) is 5.15. The molecule has 33 heavy (non-hydrogen) atoms. The number of nitriles is 1. The van der Waals surface area contributed by atoms with Crippen molar-refractivity contribution in [3.8, 4) is 6.07 Å². The van der Waals surface area contributed by atoms with Crippen LogP contribution in [0.15, 0.2) is 61.2 Å². The van der Waals surface area contributed by atoms with E-state index in [1.165, 1.54) is 36.9 Å². The molecule has 3 aromatic rings. The van der Waals surface area contributed by atoms with Gasteiger partial charge in [-0.2, -0.15) is 5.26 Å². The summed E-state index contributed by atoms with van der Waals surface area (Å²) in [4.78, 5) is 32.6. The number of anilines is 2. The summed E-state index contributed by atoms with van der Waals surface area (Å²) in [5.74, 6) is -1.07. The molecule has 0 aliphatic heterocycles. The molecule has 9 heteroatoms. The van der Waals surface area contributed by atoms with Gasteiger partial charge in [0.05, 0.1) is 16.8 Å². The van der Waals surface area contributed by atoms with Crippen molar-refractivity contribution in [3.05, 3.63) is 83.7 Å². The average Bonchev–Trinajstić information content (AvgIpc) is 3.60. The van der Waals surface area contributed by atoms with E-state index >= 15 is 0 Å². The summed E-state index contributed by atoms with van der Waals surface area (Å²) in [5.41, 5.74) is 1.64. The zero-order valence-corrected chi connectivity index (χ0v) is 16.9. The van der Waals surface area contributed by atoms with E-state index in [4.69, 9.17) is 5.26 Å². The number of aromatic nitrogens is 2. The summed E-state index contributed by atoms with van der Waals surface area (Å²) in [5, 5.41) is 17.8. The molecule has 1 aliphatic carbocycles. The van der Waals surface area contributed by atoms with Gasteiger partial charge < -0.3 is 16.0 Å². The Bertz CT molecular complexity index is 1190. The largest absolute Gasteiger partial charge is 0.354 e. The van der Waals surface area contributed by atoms with Crippen molar-refractivity contribution in [2.75, 3.05) is 5.32 Å². The monoisotopic (exact) mass is 446 g/mol. The summed E-state index contributed by atoms with van der Waals surface area (Å²) >= 11 is 0. The summed E-state index contributed by atoms with van der Waals surface area (Å²) < 4.78 is 13.5. The molecular weight excluding hydrogens is 423 g/mol. The first kappa shape index (κ1) is 23.3. The van der Waals surface area contributed by atoms with Crippen LogP contribution in [0, 0.1) is 17.1 Å². The van der Waals surface area contributed by atoms with Crippen LogP contribution in [0.5, 0.6) is 0 Å². The average molecular weight is 446 g/mol. The lowest BCUT2D eigenvalue weighted by Gasteiger charge is -2.17. The third-order valence-electron chi connectivity index (χ3n) is 5.15. The molecule has 0 radical (unpaired) electrons. The molecule has 1 aromatic heterocycles. The molecule has 1 fully saturated rings. The maximum Gasteiger partial charge on any atom is 0.255 e. The molecule has 1 saturated carbocycles. The van der Waals surface area contributed by atoms with E-state index in [1.54, 1.807) is 12.1 Å². The lowest BCUT2D eigenvalue weighted by atomic mass is 10.1. The molecule has 0 atom stereocenters. The first-order chi connectivity index (χ1) is 15.5. The second-order valence-corrected chi connectivity index (χ2v) is 7.47. The van der Waals surface area contributed by atoms with Crippen LogP contribution in [0.2, 0.25) is 0 Å². The van der Waals surface area contributed by atoms with Crippen LogP contribution < -0.4 is 16.0 Å². The number of carbonyl (C=O) groups is 2. The number of carbonyl (C=O) groups excluding carboxylic acids is 2. The predicted molar refractivity (Wildman–Crippen MR) is 121 cm³/mol. The molecule has 0 spiro atoms. The Balaban J connectivity index is 0.00000306. The fourth-order valence-electron chi connectivity index (χ4n) is 3.17. The zero-order valence-electron chi connectivity index (χ0n) is 16.9. The third kappa shape index (κ3) is 5.49. The molecule has 4 rings (SSSR count). The Morgan fingerprint density at radius 3 is 2.42 bits per heavy atom. The van der Waals surface area contributed by atoms with Crippen LogP contribution >= 0.6 is 0 Å². The van der Waals surface area contributed by atoms with Gasteiger partial charge in [0.1, 0.15) is 23.8 Å². The van der Waals surface area contributed by atoms with Crippen molar-refractivity contribution >= 4 is 23.2 Å². The highest BCUT2D eigenvalue weighted by Crippen LogP contribution is 2.36. The number of hydrogen-bond acceptors (Lipinski definition) is 6. The first-order valence-electron chi connectivity index (χ1n) is 9.90. The molecule has 2 aromatic carbocycles. The summed E-state index contributed by atoms with van der Waals surface area (Å²) in [7, 11) is 0. The number of nitrogens with zero attached hydrogens (tertiary/aromatic N) is 3. The standard InChI is InChI=1S/C23H19FN6O2.CH4/c24-18-4-3-16(10-25)20(9-18)29-19-5-1-15(2-6-19)11-28-22(32)23(7-8-23)30-21(31)17-12-26-14-27-13-17;/h1-6,9,12-14,29H,7-8,11H2,(H,28,32)(H,30,31);1H4. The maximum absolute atomic E-state index is 13.5. The molecule has 0 saturated heterocycles. The Morgan fingerprint density at radius 1 is 1.09 bits per heavy atom. The SMILES string of the molecule is C.N#Cc1ccc(F)cc1Nc1ccc(CNC(=O)C2(NC(=O)c3cncnc3)CC2)cc1. The van der Waals surface area contributed by atoms with E-state index in [9.17, 15) is 14.0 Å². The molecule has 1 heterocycles. The summed E-state index contributed by atoms with van der Waals surface area (Å²) in [6.07, 6.45) is 5.26. The molecule has 1 aliphatic rings. The van der Waals surface area contributed by atoms with E-state index in [0.29, 0.717) is 35.3 Å². The predicted octanol–water partition coefficient (Wildman–Crippen LogP) is 3.45. The van der Waals surface area contributed by atoms with E-state index in [0.717, 1.165) is 5.56 Å². The number of amides is 2. The quantitative estimate of drug-likeness (QED) is 0.511. The Kier molecular flexibility index (Phi) is 6.98. The molecule has 0 bridgehead atoms. The van der Waals surface area contributed by atoms with Crippen molar-refractivity contribution in [3.63, 3.8) is 0 Å². The van der Waals surface area contributed by atoms with Crippen LogP contribution in [-0.2, 0) is 11.3 Å². The zero-order chi connectivity index (χ0) is 22.6. The van der Waals surface area contributed by atoms with Gasteiger partial charge in [-0.3, -0.25) is 9.59 Å². The topological polar surface area (TPSA) is 120 Å². The summed E-state index contributed by atoms with van der Waals surface area (Å²) in [6, 6.07) is 13.1. The Labute approximate surface area is 190 Å². The van der Waals surface area contributed by atoms with Crippen LogP contribution in [0.3, 0.4) is 0 Å². The van der Waals surface area contributed by atoms with Gasteiger partial charge in [-0.1, -0.05) is 19.6 Å². The lowest BCUT2D eigenvalue weighted by Crippen LogP contribution is -2.48. The van der Waals surface area contributed by atoms with Crippen molar-refractivity contribution in [2.45, 2.75) is 32.4 Å². The Morgan fingerprint density at radius 2 is 1.79 bits per heavy atom. The second kappa shape index (κ2) is 9.87. The maximum atomic E-state index is 13.5. The molecule has 2 amide bonds. The van der Waals surface area contributed by atoms with Crippen LogP contribution in [0.4, 0.5) is 15.8 Å². The highest BCUT2D eigenvalue weighted by molar-refractivity contribution is 6.00. The van der Waals surface area contributed by atoms with Gasteiger partial charge in [0.25, 0.3) is 5.91 Å². The molecule has 3 N–H and O–H groups in total. The Hall–Kier alpha value is -4.32. The minimum atomic E-state index is -0.903. The van der Waals surface area contributed by atoms with Gasteiger partial charge in [-0.25, -0.2) is 14.4 Å². The lowest BCUT2D eigenvalue weighted by molar-refractivity contribution is -0.124. The van der Waals surface area contributed by atoms with Crippen LogP contribution in [-0.4, -0.2) is 27.3 Å². The number of rotatable bonds is 7. The molecule has 8 nitrogen and oxygen atoms in total. The highest BCUT2D eigenvalue weighted by Gasteiger charge is 2.51. The van der Waals surface area contributed by atoms with Gasteiger partial charge in [0.15, 0.2) is 0 Å². The number of benzene rings is 2. The van der Waals surface area contributed by atoms with E-state index < -0.39 is 11.4 Å². The molecule has 0 unspecified atom stereocenters. The summed E-state index contributed by atoms with van der Waals surface area (Å²) in [6.45, 7) is 0.286. The second-order valence-electron chi connectivity index (χ2n) is 7.47. The van der Waals surface area contributed by atoms with E-state index in [2.05, 4.69) is 25.9 Å². The van der Waals surface area contributed by atoms with Crippen molar-refractivity contribution < 1.29 is 14.0 Å². The van der Waals surface area contributed by atoms with Gasteiger partial charge in [-0.15, -0.1) is 0 Å². The van der Waals surface area contributed by atoms with Crippen LogP contribution in [0.1, 0.15) is 41.8 Å². The first-order valence-corrected chi connectivity index (χ1v) is 9.90. The molecular formula is C24H23FN6O2. The normalized spacial score (nSPS) is 13.1. The smallest absolute Gasteiger partial charge is 0.255 e. The fraction of sp³-hybridized carbons (Fsp3) is 0.208. The minimum Gasteiger partial charge on any atom is -0.354 e. The number of halogens is 1. The fourth-order valence-corrected chi connectivity index (χ4v) is 3.17. The molecule has 168 valence electrons. The minimum absolute atomic E-state index is 0. The van der Waals surface area contributed by atoms with E-state index in [1.807, 2.05) is 18.2 Å². The van der Waals surface area contributed by atoms with Crippen molar-refractivity contribution in [1.82, 2.24) is 20.6 Å². The highest BCUT2D eigenvalue weighted by atomic mass is 19.1. The van der Waals surface area contributed by atoms with Crippen molar-refractivity contribution in [2.24, 2.45) is 0 Å².